The zero-order valence-corrected chi connectivity index (χ0v) is 10.3. The highest BCUT2D eigenvalue weighted by atomic mass is 16.5. The third-order valence-corrected chi connectivity index (χ3v) is 2.71. The van der Waals surface area contributed by atoms with E-state index in [2.05, 4.69) is 10.3 Å². The van der Waals surface area contributed by atoms with Gasteiger partial charge in [0.15, 0.2) is 5.76 Å². The van der Waals surface area contributed by atoms with E-state index in [4.69, 9.17) is 4.52 Å². The standard InChI is InChI=1S/C14H13N3O/c1-10-8-13(14-9-11(2)16-18-14)17(15-10)12-6-4-3-5-7-12/h3-9H,1-2H3. The predicted octanol–water partition coefficient (Wildman–Crippen LogP) is 3.14. The zero-order chi connectivity index (χ0) is 12.5. The van der Waals surface area contributed by atoms with E-state index >= 15 is 0 Å². The Kier molecular flexibility index (Phi) is 2.48. The van der Waals surface area contributed by atoms with Crippen molar-refractivity contribution in [2.75, 3.05) is 0 Å². The van der Waals surface area contributed by atoms with Crippen molar-refractivity contribution in [2.24, 2.45) is 0 Å². The van der Waals surface area contributed by atoms with Crippen molar-refractivity contribution in [3.8, 4) is 17.1 Å². The van der Waals surface area contributed by atoms with E-state index in [9.17, 15) is 0 Å². The highest BCUT2D eigenvalue weighted by Crippen LogP contribution is 2.24. The molecule has 0 amide bonds. The molecule has 0 aliphatic rings. The minimum Gasteiger partial charge on any atom is -0.354 e. The summed E-state index contributed by atoms with van der Waals surface area (Å²) < 4.78 is 7.19. The summed E-state index contributed by atoms with van der Waals surface area (Å²) >= 11 is 0. The Labute approximate surface area is 105 Å². The largest absolute Gasteiger partial charge is 0.354 e. The molecular weight excluding hydrogens is 226 g/mol. The number of rotatable bonds is 2. The van der Waals surface area contributed by atoms with E-state index in [-0.39, 0.29) is 0 Å². The fourth-order valence-electron chi connectivity index (χ4n) is 1.93. The quantitative estimate of drug-likeness (QED) is 0.690. The van der Waals surface area contributed by atoms with Crippen molar-refractivity contribution in [2.45, 2.75) is 13.8 Å². The van der Waals surface area contributed by atoms with Gasteiger partial charge in [-0.05, 0) is 32.0 Å². The van der Waals surface area contributed by atoms with Crippen molar-refractivity contribution in [1.82, 2.24) is 14.9 Å². The molecule has 0 unspecified atom stereocenters. The lowest BCUT2D eigenvalue weighted by Gasteiger charge is -2.04. The van der Waals surface area contributed by atoms with Gasteiger partial charge < -0.3 is 4.52 Å². The molecule has 0 saturated heterocycles. The summed E-state index contributed by atoms with van der Waals surface area (Å²) in [4.78, 5) is 0. The monoisotopic (exact) mass is 239 g/mol. The maximum atomic E-state index is 5.31. The van der Waals surface area contributed by atoms with Crippen molar-refractivity contribution in [3.05, 3.63) is 53.9 Å². The van der Waals surface area contributed by atoms with Crippen LogP contribution in [0.2, 0.25) is 0 Å². The van der Waals surface area contributed by atoms with Crippen LogP contribution in [0.4, 0.5) is 0 Å². The minimum atomic E-state index is 0.733. The summed E-state index contributed by atoms with van der Waals surface area (Å²) in [7, 11) is 0. The van der Waals surface area contributed by atoms with Gasteiger partial charge >= 0.3 is 0 Å². The second kappa shape index (κ2) is 4.14. The lowest BCUT2D eigenvalue weighted by molar-refractivity contribution is 0.425. The highest BCUT2D eigenvalue weighted by molar-refractivity contribution is 5.57. The van der Waals surface area contributed by atoms with Gasteiger partial charge in [-0.25, -0.2) is 4.68 Å². The van der Waals surface area contributed by atoms with Crippen LogP contribution >= 0.6 is 0 Å². The first-order chi connectivity index (χ1) is 8.74. The number of benzene rings is 1. The van der Waals surface area contributed by atoms with Gasteiger partial charge in [-0.3, -0.25) is 0 Å². The molecule has 4 heteroatoms. The molecular formula is C14H13N3O. The molecule has 0 N–H and O–H groups in total. The van der Waals surface area contributed by atoms with E-state index in [1.165, 1.54) is 0 Å². The number of hydrogen-bond acceptors (Lipinski definition) is 3. The summed E-state index contributed by atoms with van der Waals surface area (Å²) in [5.41, 5.74) is 3.74. The van der Waals surface area contributed by atoms with E-state index in [0.29, 0.717) is 0 Å². The molecule has 3 rings (SSSR count). The van der Waals surface area contributed by atoms with Gasteiger partial charge in [0.2, 0.25) is 0 Å². The molecule has 0 spiro atoms. The molecule has 0 aliphatic heterocycles. The summed E-state index contributed by atoms with van der Waals surface area (Å²) in [6.07, 6.45) is 0. The van der Waals surface area contributed by atoms with Crippen LogP contribution < -0.4 is 0 Å². The molecule has 2 aromatic heterocycles. The first kappa shape index (κ1) is 10.8. The van der Waals surface area contributed by atoms with Crippen LogP contribution in [0, 0.1) is 13.8 Å². The molecule has 0 saturated carbocycles. The number of hydrogen-bond donors (Lipinski definition) is 0. The van der Waals surface area contributed by atoms with E-state index in [1.807, 2.05) is 61.0 Å². The van der Waals surface area contributed by atoms with E-state index < -0.39 is 0 Å². The Morgan fingerprint density at radius 3 is 2.44 bits per heavy atom. The molecule has 2 heterocycles. The second-order valence-corrected chi connectivity index (χ2v) is 4.25. The Balaban J connectivity index is 2.16. The highest BCUT2D eigenvalue weighted by Gasteiger charge is 2.13. The molecule has 1 aromatic carbocycles. The van der Waals surface area contributed by atoms with Crippen LogP contribution in [-0.2, 0) is 0 Å². The number of aryl methyl sites for hydroxylation is 2. The summed E-state index contributed by atoms with van der Waals surface area (Å²) in [5, 5.41) is 8.42. The Morgan fingerprint density at radius 1 is 1.00 bits per heavy atom. The van der Waals surface area contributed by atoms with Gasteiger partial charge in [0.1, 0.15) is 5.69 Å². The van der Waals surface area contributed by atoms with Crippen LogP contribution in [0.1, 0.15) is 11.4 Å². The van der Waals surface area contributed by atoms with Crippen LogP contribution in [0.5, 0.6) is 0 Å². The molecule has 0 atom stereocenters. The van der Waals surface area contributed by atoms with Crippen LogP contribution in [-0.4, -0.2) is 14.9 Å². The first-order valence-corrected chi connectivity index (χ1v) is 5.80. The molecule has 0 bridgehead atoms. The molecule has 0 radical (unpaired) electrons. The van der Waals surface area contributed by atoms with Crippen molar-refractivity contribution >= 4 is 0 Å². The number of para-hydroxylation sites is 1. The van der Waals surface area contributed by atoms with E-state index in [1.54, 1.807) is 0 Å². The van der Waals surface area contributed by atoms with Gasteiger partial charge in [0.05, 0.1) is 17.1 Å². The second-order valence-electron chi connectivity index (χ2n) is 4.25. The topological polar surface area (TPSA) is 43.9 Å². The SMILES string of the molecule is Cc1cc(-c2cc(C)nn2-c2ccccc2)on1. The predicted molar refractivity (Wildman–Crippen MR) is 68.5 cm³/mol. The first-order valence-electron chi connectivity index (χ1n) is 5.80. The Hall–Kier alpha value is -2.36. The summed E-state index contributed by atoms with van der Waals surface area (Å²) in [5.74, 6) is 0.733. The molecule has 3 aromatic rings. The van der Waals surface area contributed by atoms with Crippen LogP contribution in [0.25, 0.3) is 17.1 Å². The van der Waals surface area contributed by atoms with Crippen LogP contribution in [0.15, 0.2) is 47.0 Å². The van der Waals surface area contributed by atoms with E-state index in [0.717, 1.165) is 28.5 Å². The average molecular weight is 239 g/mol. The third-order valence-electron chi connectivity index (χ3n) is 2.71. The third kappa shape index (κ3) is 1.82. The molecule has 4 nitrogen and oxygen atoms in total. The molecule has 90 valence electrons. The normalized spacial score (nSPS) is 10.8. The minimum absolute atomic E-state index is 0.733. The number of aromatic nitrogens is 3. The average Bonchev–Trinajstić information content (AvgIpc) is 2.96. The zero-order valence-electron chi connectivity index (χ0n) is 10.3. The Bertz CT molecular complexity index is 667. The summed E-state index contributed by atoms with van der Waals surface area (Å²) in [6.45, 7) is 3.87. The molecule has 18 heavy (non-hydrogen) atoms. The van der Waals surface area contributed by atoms with Gasteiger partial charge in [0, 0.05) is 6.07 Å². The lowest BCUT2D eigenvalue weighted by Crippen LogP contribution is -1.98. The smallest absolute Gasteiger partial charge is 0.185 e. The van der Waals surface area contributed by atoms with Crippen molar-refractivity contribution in [1.29, 1.82) is 0 Å². The van der Waals surface area contributed by atoms with Crippen LogP contribution in [0.3, 0.4) is 0 Å². The van der Waals surface area contributed by atoms with Gasteiger partial charge in [-0.1, -0.05) is 23.4 Å². The van der Waals surface area contributed by atoms with Crippen molar-refractivity contribution < 1.29 is 4.52 Å². The summed E-state index contributed by atoms with van der Waals surface area (Å²) in [6, 6.07) is 13.9. The Morgan fingerprint density at radius 2 is 1.78 bits per heavy atom. The van der Waals surface area contributed by atoms with Gasteiger partial charge in [-0.2, -0.15) is 5.10 Å². The van der Waals surface area contributed by atoms with Gasteiger partial charge in [0.25, 0.3) is 0 Å². The molecule has 0 aliphatic carbocycles. The maximum absolute atomic E-state index is 5.31. The number of nitrogens with zero attached hydrogens (tertiary/aromatic N) is 3. The molecule has 0 fully saturated rings. The van der Waals surface area contributed by atoms with Crippen molar-refractivity contribution in [3.63, 3.8) is 0 Å². The van der Waals surface area contributed by atoms with Gasteiger partial charge in [-0.15, -0.1) is 0 Å². The fourth-order valence-corrected chi connectivity index (χ4v) is 1.93. The fraction of sp³-hybridized carbons (Fsp3) is 0.143. The lowest BCUT2D eigenvalue weighted by atomic mass is 10.2. The maximum Gasteiger partial charge on any atom is 0.185 e.